The Morgan fingerprint density at radius 3 is 2.36 bits per heavy atom. The summed E-state index contributed by atoms with van der Waals surface area (Å²) in [5, 5.41) is 3.39. The molecule has 0 unspecified atom stereocenters. The molecule has 0 aliphatic heterocycles. The van der Waals surface area contributed by atoms with Crippen molar-refractivity contribution in [3.63, 3.8) is 0 Å². The van der Waals surface area contributed by atoms with Crippen LogP contribution in [0.1, 0.15) is 39.0 Å². The maximum absolute atomic E-state index is 12.4. The smallest absolute Gasteiger partial charge is 0.240 e. The van der Waals surface area contributed by atoms with Crippen molar-refractivity contribution in [2.75, 3.05) is 25.7 Å². The number of hydrogen-bond acceptors (Lipinski definition) is 4. The molecule has 2 rings (SSSR count). The van der Waals surface area contributed by atoms with Gasteiger partial charge in [0.05, 0.1) is 24.9 Å². The first kappa shape index (κ1) is 19.4. The van der Waals surface area contributed by atoms with Crippen LogP contribution in [-0.4, -0.2) is 38.6 Å². The highest BCUT2D eigenvalue weighted by Gasteiger charge is 2.23. The SMILES string of the molecule is COc1cc(N(CC(=O)NC2CCCCC2)C(C)=O)c(OC)cc1Cl. The second-order valence-corrected chi connectivity index (χ2v) is 6.57. The van der Waals surface area contributed by atoms with Gasteiger partial charge in [-0.15, -0.1) is 0 Å². The predicted molar refractivity (Wildman–Crippen MR) is 97.6 cm³/mol. The summed E-state index contributed by atoms with van der Waals surface area (Å²) < 4.78 is 10.5. The van der Waals surface area contributed by atoms with Crippen LogP contribution in [0.2, 0.25) is 5.02 Å². The van der Waals surface area contributed by atoms with Crippen molar-refractivity contribution in [1.29, 1.82) is 0 Å². The fraction of sp³-hybridized carbons (Fsp3) is 0.556. The van der Waals surface area contributed by atoms with E-state index < -0.39 is 0 Å². The van der Waals surface area contributed by atoms with E-state index in [1.807, 2.05) is 0 Å². The van der Waals surface area contributed by atoms with Gasteiger partial charge in [-0.25, -0.2) is 0 Å². The number of nitrogens with one attached hydrogen (secondary N) is 1. The Hall–Kier alpha value is -1.95. The van der Waals surface area contributed by atoms with E-state index in [1.54, 1.807) is 12.1 Å². The zero-order chi connectivity index (χ0) is 18.4. The summed E-state index contributed by atoms with van der Waals surface area (Å²) in [4.78, 5) is 25.9. The van der Waals surface area contributed by atoms with Crippen molar-refractivity contribution in [3.8, 4) is 11.5 Å². The third-order valence-corrected chi connectivity index (χ3v) is 4.69. The van der Waals surface area contributed by atoms with Crippen LogP contribution >= 0.6 is 11.6 Å². The number of anilines is 1. The predicted octanol–water partition coefficient (Wildman–Crippen LogP) is 3.16. The molecule has 2 amide bonds. The Kier molecular flexibility index (Phi) is 6.93. The zero-order valence-corrected chi connectivity index (χ0v) is 15.7. The molecule has 0 atom stereocenters. The van der Waals surface area contributed by atoms with Gasteiger partial charge in [0.2, 0.25) is 11.8 Å². The van der Waals surface area contributed by atoms with Crippen LogP contribution in [0.15, 0.2) is 12.1 Å². The lowest BCUT2D eigenvalue weighted by molar-refractivity contribution is -0.123. The summed E-state index contributed by atoms with van der Waals surface area (Å²) in [7, 11) is 2.98. The molecular formula is C18H25ClN2O4. The first-order valence-corrected chi connectivity index (χ1v) is 8.83. The molecule has 0 aromatic heterocycles. The molecule has 1 aliphatic carbocycles. The summed E-state index contributed by atoms with van der Waals surface area (Å²) in [6.07, 6.45) is 5.45. The fourth-order valence-corrected chi connectivity index (χ4v) is 3.32. The molecule has 1 fully saturated rings. The highest BCUT2D eigenvalue weighted by Crippen LogP contribution is 2.38. The normalized spacial score (nSPS) is 14.7. The van der Waals surface area contributed by atoms with Gasteiger partial charge in [-0.05, 0) is 12.8 Å². The highest BCUT2D eigenvalue weighted by molar-refractivity contribution is 6.32. The Bertz CT molecular complexity index is 630. The Morgan fingerprint density at radius 1 is 1.16 bits per heavy atom. The average molecular weight is 369 g/mol. The number of halogens is 1. The first-order valence-electron chi connectivity index (χ1n) is 8.45. The van der Waals surface area contributed by atoms with Gasteiger partial charge in [-0.2, -0.15) is 0 Å². The highest BCUT2D eigenvalue weighted by atomic mass is 35.5. The third-order valence-electron chi connectivity index (χ3n) is 4.40. The molecule has 1 N–H and O–H groups in total. The van der Waals surface area contributed by atoms with Crippen molar-refractivity contribution >= 4 is 29.1 Å². The molecule has 7 heteroatoms. The quantitative estimate of drug-likeness (QED) is 0.837. The van der Waals surface area contributed by atoms with Crippen molar-refractivity contribution in [2.24, 2.45) is 0 Å². The molecule has 25 heavy (non-hydrogen) atoms. The van der Waals surface area contributed by atoms with E-state index in [-0.39, 0.29) is 24.4 Å². The zero-order valence-electron chi connectivity index (χ0n) is 14.9. The molecular weight excluding hydrogens is 344 g/mol. The minimum Gasteiger partial charge on any atom is -0.495 e. The summed E-state index contributed by atoms with van der Waals surface area (Å²) in [6, 6.07) is 3.37. The lowest BCUT2D eigenvalue weighted by Gasteiger charge is -2.26. The van der Waals surface area contributed by atoms with Crippen LogP contribution in [-0.2, 0) is 9.59 Å². The molecule has 138 valence electrons. The van der Waals surface area contributed by atoms with E-state index in [1.165, 1.54) is 32.5 Å². The van der Waals surface area contributed by atoms with E-state index in [9.17, 15) is 9.59 Å². The van der Waals surface area contributed by atoms with Crippen LogP contribution in [0.5, 0.6) is 11.5 Å². The van der Waals surface area contributed by atoms with E-state index in [2.05, 4.69) is 5.32 Å². The van der Waals surface area contributed by atoms with Crippen LogP contribution in [0.4, 0.5) is 5.69 Å². The number of benzene rings is 1. The number of carbonyl (C=O) groups excluding carboxylic acids is 2. The Labute approximate surface area is 153 Å². The third kappa shape index (κ3) is 5.01. The second kappa shape index (κ2) is 8.94. The number of hydrogen-bond donors (Lipinski definition) is 1. The molecule has 0 radical (unpaired) electrons. The van der Waals surface area contributed by atoms with Gasteiger partial charge in [-0.1, -0.05) is 30.9 Å². The number of ether oxygens (including phenoxy) is 2. The standard InChI is InChI=1S/C18H25ClN2O4/c1-12(22)21(11-18(23)20-13-7-5-4-6-8-13)15-10-16(24-2)14(19)9-17(15)25-3/h9-10,13H,4-8,11H2,1-3H3,(H,20,23). The van der Waals surface area contributed by atoms with Crippen LogP contribution in [0.25, 0.3) is 0 Å². The average Bonchev–Trinajstić information content (AvgIpc) is 2.60. The molecule has 0 heterocycles. The van der Waals surface area contributed by atoms with E-state index in [4.69, 9.17) is 21.1 Å². The molecule has 0 bridgehead atoms. The molecule has 1 saturated carbocycles. The lowest BCUT2D eigenvalue weighted by atomic mass is 9.95. The van der Waals surface area contributed by atoms with Gasteiger partial charge in [0, 0.05) is 25.1 Å². The largest absolute Gasteiger partial charge is 0.495 e. The Balaban J connectivity index is 2.19. The van der Waals surface area contributed by atoms with Crippen LogP contribution in [0.3, 0.4) is 0 Å². The summed E-state index contributed by atoms with van der Waals surface area (Å²) >= 11 is 6.11. The lowest BCUT2D eigenvalue weighted by Crippen LogP contribution is -2.44. The maximum atomic E-state index is 12.4. The van der Waals surface area contributed by atoms with Gasteiger partial charge >= 0.3 is 0 Å². The first-order chi connectivity index (χ1) is 12.0. The monoisotopic (exact) mass is 368 g/mol. The van der Waals surface area contributed by atoms with E-state index >= 15 is 0 Å². The topological polar surface area (TPSA) is 67.9 Å². The number of carbonyl (C=O) groups is 2. The summed E-state index contributed by atoms with van der Waals surface area (Å²) in [5.41, 5.74) is 0.454. The molecule has 1 aromatic rings. The van der Waals surface area contributed by atoms with Crippen molar-refractivity contribution in [3.05, 3.63) is 17.2 Å². The molecule has 0 spiro atoms. The van der Waals surface area contributed by atoms with Gasteiger partial charge < -0.3 is 14.8 Å². The van der Waals surface area contributed by atoms with E-state index in [0.717, 1.165) is 25.7 Å². The minimum atomic E-state index is -0.263. The van der Waals surface area contributed by atoms with Gasteiger partial charge in [-0.3, -0.25) is 14.5 Å². The number of nitrogens with zero attached hydrogens (tertiary/aromatic N) is 1. The number of amides is 2. The Morgan fingerprint density at radius 2 is 1.80 bits per heavy atom. The van der Waals surface area contributed by atoms with Crippen LogP contribution < -0.4 is 19.7 Å². The number of methoxy groups -OCH3 is 2. The summed E-state index contributed by atoms with van der Waals surface area (Å²) in [5.74, 6) is 0.377. The maximum Gasteiger partial charge on any atom is 0.240 e. The summed E-state index contributed by atoms with van der Waals surface area (Å²) in [6.45, 7) is 1.33. The fourth-order valence-electron chi connectivity index (χ4n) is 3.09. The molecule has 1 aliphatic rings. The molecule has 0 saturated heterocycles. The van der Waals surface area contributed by atoms with Gasteiger partial charge in [0.15, 0.2) is 0 Å². The molecule has 6 nitrogen and oxygen atoms in total. The number of rotatable bonds is 6. The minimum absolute atomic E-state index is 0.0764. The van der Waals surface area contributed by atoms with Gasteiger partial charge in [0.1, 0.15) is 18.0 Å². The van der Waals surface area contributed by atoms with Crippen molar-refractivity contribution < 1.29 is 19.1 Å². The van der Waals surface area contributed by atoms with Crippen molar-refractivity contribution in [2.45, 2.75) is 45.1 Å². The molecule has 1 aromatic carbocycles. The van der Waals surface area contributed by atoms with Gasteiger partial charge in [0.25, 0.3) is 0 Å². The van der Waals surface area contributed by atoms with Crippen molar-refractivity contribution in [1.82, 2.24) is 5.32 Å². The second-order valence-electron chi connectivity index (χ2n) is 6.17. The van der Waals surface area contributed by atoms with E-state index in [0.29, 0.717) is 22.2 Å². The van der Waals surface area contributed by atoms with Crippen LogP contribution in [0, 0.1) is 0 Å².